The van der Waals surface area contributed by atoms with Crippen LogP contribution in [0.15, 0.2) is 0 Å². The second-order valence-corrected chi connectivity index (χ2v) is 2.88. The van der Waals surface area contributed by atoms with Gasteiger partial charge < -0.3 is 4.90 Å². The molecule has 0 bridgehead atoms. The predicted octanol–water partition coefficient (Wildman–Crippen LogP) is 0.973. The third-order valence-corrected chi connectivity index (χ3v) is 1.92. The Labute approximate surface area is 72.9 Å². The molecule has 1 aliphatic rings. The van der Waals surface area contributed by atoms with Gasteiger partial charge in [0.15, 0.2) is 0 Å². The Kier molecular flexibility index (Phi) is 3.24. The van der Waals surface area contributed by atoms with E-state index in [2.05, 4.69) is 5.32 Å². The highest BCUT2D eigenvalue weighted by Gasteiger charge is 2.42. The van der Waals surface area contributed by atoms with Crippen LogP contribution >= 0.6 is 0 Å². The van der Waals surface area contributed by atoms with Crippen LogP contribution in [0.5, 0.6) is 0 Å². The summed E-state index contributed by atoms with van der Waals surface area (Å²) in [4.78, 5) is 23.1. The first-order valence-corrected chi connectivity index (χ1v) is 4.05. The van der Waals surface area contributed by atoms with Crippen LogP contribution in [0.25, 0.3) is 0 Å². The van der Waals surface area contributed by atoms with Crippen molar-refractivity contribution in [1.29, 1.82) is 0 Å². The standard InChI is InChI=1S/C6H10N2O2.C2H6/c1-6(2)4(9)7-5(10)8(6)3;1-2/h1-3H3,(H,7,9,10);1-2H3. The van der Waals surface area contributed by atoms with Crippen LogP contribution in [-0.2, 0) is 4.79 Å². The summed E-state index contributed by atoms with van der Waals surface area (Å²) in [6.07, 6.45) is 0. The fourth-order valence-corrected chi connectivity index (χ4v) is 0.740. The first kappa shape index (κ1) is 10.9. The van der Waals surface area contributed by atoms with E-state index in [1.54, 1.807) is 20.9 Å². The van der Waals surface area contributed by atoms with Crippen LogP contribution in [0, 0.1) is 0 Å². The lowest BCUT2D eigenvalue weighted by Gasteiger charge is -2.22. The molecule has 0 aromatic carbocycles. The largest absolute Gasteiger partial charge is 0.324 e. The molecule has 70 valence electrons. The zero-order chi connectivity index (χ0) is 9.94. The minimum absolute atomic E-state index is 0.236. The molecule has 0 aromatic heterocycles. The second-order valence-electron chi connectivity index (χ2n) is 2.88. The van der Waals surface area contributed by atoms with Crippen LogP contribution in [0.2, 0.25) is 0 Å². The molecule has 1 fully saturated rings. The number of likely N-dealkylation sites (N-methyl/N-ethyl adjacent to an activating group) is 1. The molecule has 0 aromatic rings. The number of hydrogen-bond acceptors (Lipinski definition) is 2. The van der Waals surface area contributed by atoms with Gasteiger partial charge in [0.25, 0.3) is 5.91 Å². The summed E-state index contributed by atoms with van der Waals surface area (Å²) < 4.78 is 0. The molecule has 0 saturated carbocycles. The Morgan fingerprint density at radius 3 is 1.75 bits per heavy atom. The molecular formula is C8H16N2O2. The fourth-order valence-electron chi connectivity index (χ4n) is 0.740. The van der Waals surface area contributed by atoms with Crippen molar-refractivity contribution in [2.45, 2.75) is 33.2 Å². The molecule has 0 spiro atoms. The van der Waals surface area contributed by atoms with Crippen molar-refractivity contribution in [2.24, 2.45) is 0 Å². The summed E-state index contributed by atoms with van der Waals surface area (Å²) in [7, 11) is 1.60. The lowest BCUT2D eigenvalue weighted by atomic mass is 10.1. The average Bonchev–Trinajstić information content (AvgIpc) is 2.20. The molecule has 0 radical (unpaired) electrons. The molecule has 1 rings (SSSR count). The minimum atomic E-state index is -0.683. The van der Waals surface area contributed by atoms with E-state index in [1.807, 2.05) is 13.8 Å². The number of carbonyl (C=O) groups excluding carboxylic acids is 2. The molecule has 0 atom stereocenters. The molecule has 1 saturated heterocycles. The van der Waals surface area contributed by atoms with Gasteiger partial charge >= 0.3 is 6.03 Å². The Balaban J connectivity index is 0.000000561. The van der Waals surface area contributed by atoms with Gasteiger partial charge in [-0.25, -0.2) is 4.79 Å². The molecular weight excluding hydrogens is 156 g/mol. The van der Waals surface area contributed by atoms with Gasteiger partial charge in [-0.05, 0) is 13.8 Å². The summed E-state index contributed by atoms with van der Waals surface area (Å²) >= 11 is 0. The van der Waals surface area contributed by atoms with Crippen LogP contribution in [0.3, 0.4) is 0 Å². The lowest BCUT2D eigenvalue weighted by Crippen LogP contribution is -2.41. The van der Waals surface area contributed by atoms with Crippen molar-refractivity contribution in [3.8, 4) is 0 Å². The third kappa shape index (κ3) is 1.57. The summed E-state index contributed by atoms with van der Waals surface area (Å²) in [5, 5.41) is 2.20. The summed E-state index contributed by atoms with van der Waals surface area (Å²) in [6.45, 7) is 7.40. The molecule has 0 aliphatic carbocycles. The van der Waals surface area contributed by atoms with Crippen LogP contribution in [0.4, 0.5) is 4.79 Å². The van der Waals surface area contributed by atoms with Gasteiger partial charge in [0.05, 0.1) is 0 Å². The quantitative estimate of drug-likeness (QED) is 0.553. The lowest BCUT2D eigenvalue weighted by molar-refractivity contribution is -0.124. The zero-order valence-corrected chi connectivity index (χ0v) is 8.26. The highest BCUT2D eigenvalue weighted by molar-refractivity contribution is 6.06. The number of amides is 3. The zero-order valence-electron chi connectivity index (χ0n) is 8.26. The smallest absolute Gasteiger partial charge is 0.313 e. The maximum Gasteiger partial charge on any atom is 0.324 e. The van der Waals surface area contributed by atoms with Crippen molar-refractivity contribution in [1.82, 2.24) is 10.2 Å². The topological polar surface area (TPSA) is 49.4 Å². The van der Waals surface area contributed by atoms with Crippen LogP contribution < -0.4 is 5.32 Å². The number of imide groups is 1. The molecule has 1 aliphatic heterocycles. The molecule has 3 amide bonds. The third-order valence-electron chi connectivity index (χ3n) is 1.92. The van der Waals surface area contributed by atoms with E-state index in [0.717, 1.165) is 0 Å². The molecule has 4 heteroatoms. The molecule has 0 unspecified atom stereocenters. The Bertz CT molecular complexity index is 199. The second kappa shape index (κ2) is 3.56. The number of carbonyl (C=O) groups is 2. The van der Waals surface area contributed by atoms with Crippen molar-refractivity contribution in [3.63, 3.8) is 0 Å². The van der Waals surface area contributed by atoms with E-state index < -0.39 is 5.54 Å². The maximum absolute atomic E-state index is 10.9. The number of nitrogens with zero attached hydrogens (tertiary/aromatic N) is 1. The van der Waals surface area contributed by atoms with Gasteiger partial charge in [-0.15, -0.1) is 0 Å². The van der Waals surface area contributed by atoms with Gasteiger partial charge in [-0.3, -0.25) is 10.1 Å². The SMILES string of the molecule is CC.CN1C(=O)NC(=O)C1(C)C. The first-order valence-electron chi connectivity index (χ1n) is 4.05. The number of urea groups is 1. The first-order chi connectivity index (χ1) is 5.46. The van der Waals surface area contributed by atoms with Gasteiger partial charge in [0, 0.05) is 7.05 Å². The normalized spacial score (nSPS) is 19.9. The highest BCUT2D eigenvalue weighted by atomic mass is 16.2. The van der Waals surface area contributed by atoms with E-state index in [-0.39, 0.29) is 11.9 Å². The van der Waals surface area contributed by atoms with Gasteiger partial charge in [-0.2, -0.15) is 0 Å². The summed E-state index contributed by atoms with van der Waals surface area (Å²) in [5.41, 5.74) is -0.683. The maximum atomic E-state index is 10.9. The Morgan fingerprint density at radius 1 is 1.25 bits per heavy atom. The van der Waals surface area contributed by atoms with Crippen molar-refractivity contribution in [3.05, 3.63) is 0 Å². The molecule has 1 N–H and O–H groups in total. The van der Waals surface area contributed by atoms with E-state index in [9.17, 15) is 9.59 Å². The Hall–Kier alpha value is -1.06. The predicted molar refractivity (Wildman–Crippen MR) is 46.7 cm³/mol. The molecule has 4 nitrogen and oxygen atoms in total. The van der Waals surface area contributed by atoms with E-state index in [4.69, 9.17) is 0 Å². The van der Waals surface area contributed by atoms with Crippen molar-refractivity contribution < 1.29 is 9.59 Å². The van der Waals surface area contributed by atoms with E-state index >= 15 is 0 Å². The average molecular weight is 172 g/mol. The molecule has 12 heavy (non-hydrogen) atoms. The van der Waals surface area contributed by atoms with Gasteiger partial charge in [0.2, 0.25) is 0 Å². The Morgan fingerprint density at radius 2 is 1.67 bits per heavy atom. The monoisotopic (exact) mass is 172 g/mol. The van der Waals surface area contributed by atoms with E-state index in [0.29, 0.717) is 0 Å². The molecule has 1 heterocycles. The van der Waals surface area contributed by atoms with Crippen LogP contribution in [-0.4, -0.2) is 29.4 Å². The van der Waals surface area contributed by atoms with Crippen molar-refractivity contribution in [2.75, 3.05) is 7.05 Å². The number of hydrogen-bond donors (Lipinski definition) is 1. The number of nitrogens with one attached hydrogen (secondary N) is 1. The summed E-state index contributed by atoms with van der Waals surface area (Å²) in [5.74, 6) is -0.236. The highest BCUT2D eigenvalue weighted by Crippen LogP contribution is 2.17. The van der Waals surface area contributed by atoms with Crippen LogP contribution in [0.1, 0.15) is 27.7 Å². The fraction of sp³-hybridized carbons (Fsp3) is 0.750. The minimum Gasteiger partial charge on any atom is -0.313 e. The van der Waals surface area contributed by atoms with Crippen molar-refractivity contribution >= 4 is 11.9 Å². The van der Waals surface area contributed by atoms with Gasteiger partial charge in [-0.1, -0.05) is 13.8 Å². The van der Waals surface area contributed by atoms with Gasteiger partial charge in [0.1, 0.15) is 5.54 Å². The summed E-state index contributed by atoms with van der Waals surface area (Å²) in [6, 6.07) is -0.324. The number of rotatable bonds is 0. The van der Waals surface area contributed by atoms with E-state index in [1.165, 1.54) is 4.90 Å².